The zero-order valence-electron chi connectivity index (χ0n) is 13.2. The van der Waals surface area contributed by atoms with Crippen molar-refractivity contribution in [2.24, 2.45) is 0 Å². The van der Waals surface area contributed by atoms with Crippen molar-refractivity contribution in [2.75, 3.05) is 13.1 Å². The van der Waals surface area contributed by atoms with Crippen molar-refractivity contribution in [2.45, 2.75) is 18.9 Å². The number of benzene rings is 3. The van der Waals surface area contributed by atoms with Crippen LogP contribution in [0, 0.1) is 0 Å². The van der Waals surface area contributed by atoms with Crippen LogP contribution >= 0.6 is 0 Å². The Kier molecular flexibility index (Phi) is 3.76. The highest BCUT2D eigenvalue weighted by molar-refractivity contribution is 5.88. The number of nitrogens with zero attached hydrogens (tertiary/aromatic N) is 1. The summed E-state index contributed by atoms with van der Waals surface area (Å²) in [5.74, 6) is 0.393. The molecule has 1 saturated heterocycles. The summed E-state index contributed by atoms with van der Waals surface area (Å²) in [5, 5.41) is 13.0. The molecule has 2 nitrogen and oxygen atoms in total. The number of rotatable bonds is 3. The van der Waals surface area contributed by atoms with Gasteiger partial charge in [-0.2, -0.15) is 0 Å². The van der Waals surface area contributed by atoms with Gasteiger partial charge in [0, 0.05) is 5.56 Å². The van der Waals surface area contributed by atoms with Crippen LogP contribution in [0.25, 0.3) is 10.8 Å². The van der Waals surface area contributed by atoms with Gasteiger partial charge < -0.3 is 5.11 Å². The van der Waals surface area contributed by atoms with Gasteiger partial charge in [0.25, 0.3) is 0 Å². The summed E-state index contributed by atoms with van der Waals surface area (Å²) in [6, 6.07) is 22.9. The molecule has 0 bridgehead atoms. The van der Waals surface area contributed by atoms with E-state index in [0.29, 0.717) is 5.75 Å². The predicted molar refractivity (Wildman–Crippen MR) is 94.7 cm³/mol. The summed E-state index contributed by atoms with van der Waals surface area (Å²) in [5.41, 5.74) is 2.29. The second kappa shape index (κ2) is 6.05. The van der Waals surface area contributed by atoms with Crippen molar-refractivity contribution in [3.63, 3.8) is 0 Å². The molecule has 1 atom stereocenters. The molecule has 4 rings (SSSR count). The molecule has 1 N–H and O–H groups in total. The Bertz CT molecular complexity index is 806. The van der Waals surface area contributed by atoms with Crippen LogP contribution in [-0.2, 0) is 0 Å². The molecule has 0 amide bonds. The normalized spacial score (nSPS) is 16.7. The number of phenolic OH excluding ortho intramolecular Hbond substituents is 1. The smallest absolute Gasteiger partial charge is 0.121 e. The summed E-state index contributed by atoms with van der Waals surface area (Å²) in [4.78, 5) is 2.50. The maximum atomic E-state index is 10.7. The summed E-state index contributed by atoms with van der Waals surface area (Å²) in [7, 11) is 0. The van der Waals surface area contributed by atoms with Crippen LogP contribution in [0.3, 0.4) is 0 Å². The Morgan fingerprint density at radius 3 is 2.26 bits per heavy atom. The van der Waals surface area contributed by atoms with Crippen molar-refractivity contribution < 1.29 is 5.11 Å². The molecule has 3 aromatic rings. The molecule has 2 heteroatoms. The Hall–Kier alpha value is -2.32. The first-order chi connectivity index (χ1) is 11.3. The zero-order chi connectivity index (χ0) is 15.6. The van der Waals surface area contributed by atoms with Crippen LogP contribution < -0.4 is 0 Å². The molecule has 0 aromatic heterocycles. The standard InChI is InChI=1S/C21H21NO/c23-19-13-12-16-8-4-5-11-18(16)20(19)21(22-14-6-7-15-22)17-9-2-1-3-10-17/h1-5,8-13,21,23H,6-7,14-15H2/t21-/m0/s1. The van der Waals surface area contributed by atoms with Gasteiger partial charge in [-0.05, 0) is 48.3 Å². The first kappa shape index (κ1) is 14.3. The molecular weight excluding hydrogens is 282 g/mol. The third kappa shape index (κ3) is 2.60. The number of aromatic hydroxyl groups is 1. The fourth-order valence-corrected chi connectivity index (χ4v) is 3.77. The minimum atomic E-state index is 0.116. The summed E-state index contributed by atoms with van der Waals surface area (Å²) >= 11 is 0. The molecule has 3 aromatic carbocycles. The minimum absolute atomic E-state index is 0.116. The van der Waals surface area contributed by atoms with Crippen molar-refractivity contribution >= 4 is 10.8 Å². The number of phenols is 1. The van der Waals surface area contributed by atoms with Crippen LogP contribution in [0.2, 0.25) is 0 Å². The first-order valence-corrected chi connectivity index (χ1v) is 8.34. The van der Waals surface area contributed by atoms with E-state index in [1.54, 1.807) is 0 Å². The number of hydrogen-bond acceptors (Lipinski definition) is 2. The summed E-state index contributed by atoms with van der Waals surface area (Å²) < 4.78 is 0. The van der Waals surface area contributed by atoms with Crippen LogP contribution in [-0.4, -0.2) is 23.1 Å². The highest BCUT2D eigenvalue weighted by atomic mass is 16.3. The van der Waals surface area contributed by atoms with E-state index in [1.807, 2.05) is 18.2 Å². The van der Waals surface area contributed by atoms with Crippen LogP contribution in [0.5, 0.6) is 5.75 Å². The number of likely N-dealkylation sites (tertiary alicyclic amines) is 1. The molecule has 0 unspecified atom stereocenters. The molecule has 23 heavy (non-hydrogen) atoms. The topological polar surface area (TPSA) is 23.5 Å². The van der Waals surface area contributed by atoms with Gasteiger partial charge in [0.05, 0.1) is 6.04 Å². The van der Waals surface area contributed by atoms with Crippen LogP contribution in [0.4, 0.5) is 0 Å². The van der Waals surface area contributed by atoms with Gasteiger partial charge >= 0.3 is 0 Å². The zero-order valence-corrected chi connectivity index (χ0v) is 13.2. The fourth-order valence-electron chi connectivity index (χ4n) is 3.77. The first-order valence-electron chi connectivity index (χ1n) is 8.34. The molecule has 1 aliphatic heterocycles. The Balaban J connectivity index is 1.95. The van der Waals surface area contributed by atoms with Gasteiger partial charge in [-0.15, -0.1) is 0 Å². The van der Waals surface area contributed by atoms with E-state index < -0.39 is 0 Å². The van der Waals surface area contributed by atoms with Gasteiger partial charge in [-0.25, -0.2) is 0 Å². The molecule has 0 radical (unpaired) electrons. The highest BCUT2D eigenvalue weighted by Crippen LogP contribution is 2.40. The minimum Gasteiger partial charge on any atom is -0.508 e. The van der Waals surface area contributed by atoms with Gasteiger partial charge in [-0.1, -0.05) is 60.7 Å². The number of hydrogen-bond donors (Lipinski definition) is 1. The van der Waals surface area contributed by atoms with Crippen LogP contribution in [0.1, 0.15) is 30.0 Å². The van der Waals surface area contributed by atoms with E-state index in [9.17, 15) is 5.11 Å². The Morgan fingerprint density at radius 1 is 0.783 bits per heavy atom. The summed E-state index contributed by atoms with van der Waals surface area (Å²) in [6.45, 7) is 2.17. The lowest BCUT2D eigenvalue weighted by atomic mass is 9.92. The molecule has 1 fully saturated rings. The van der Waals surface area contributed by atoms with Gasteiger partial charge in [0.1, 0.15) is 5.75 Å². The predicted octanol–water partition coefficient (Wildman–Crippen LogP) is 4.73. The second-order valence-electron chi connectivity index (χ2n) is 6.28. The van der Waals surface area contributed by atoms with Crippen molar-refractivity contribution in [1.82, 2.24) is 4.90 Å². The van der Waals surface area contributed by atoms with Crippen LogP contribution in [0.15, 0.2) is 66.7 Å². The van der Waals surface area contributed by atoms with E-state index in [-0.39, 0.29) is 6.04 Å². The average molecular weight is 303 g/mol. The molecule has 1 heterocycles. The maximum Gasteiger partial charge on any atom is 0.121 e. The monoisotopic (exact) mass is 303 g/mol. The third-order valence-corrected chi connectivity index (χ3v) is 4.84. The second-order valence-corrected chi connectivity index (χ2v) is 6.28. The third-order valence-electron chi connectivity index (χ3n) is 4.84. The molecule has 1 aliphatic rings. The molecule has 116 valence electrons. The van der Waals surface area contributed by atoms with Gasteiger partial charge in [0.2, 0.25) is 0 Å². The van der Waals surface area contributed by atoms with E-state index in [2.05, 4.69) is 53.4 Å². The maximum absolute atomic E-state index is 10.7. The van der Waals surface area contributed by atoms with Gasteiger partial charge in [-0.3, -0.25) is 4.90 Å². The van der Waals surface area contributed by atoms with E-state index in [4.69, 9.17) is 0 Å². The van der Waals surface area contributed by atoms with Crippen molar-refractivity contribution in [1.29, 1.82) is 0 Å². The highest BCUT2D eigenvalue weighted by Gasteiger charge is 2.28. The molecular formula is C21H21NO. The molecule has 0 spiro atoms. The lowest BCUT2D eigenvalue weighted by Gasteiger charge is -2.30. The molecule has 0 aliphatic carbocycles. The van der Waals surface area contributed by atoms with Crippen molar-refractivity contribution in [3.8, 4) is 5.75 Å². The lowest BCUT2D eigenvalue weighted by Crippen LogP contribution is -2.26. The summed E-state index contributed by atoms with van der Waals surface area (Å²) in [6.07, 6.45) is 2.46. The Labute approximate surface area is 137 Å². The number of fused-ring (bicyclic) bond motifs is 1. The quantitative estimate of drug-likeness (QED) is 0.756. The van der Waals surface area contributed by atoms with E-state index in [0.717, 1.165) is 24.0 Å². The average Bonchev–Trinajstić information content (AvgIpc) is 3.12. The SMILES string of the molecule is Oc1ccc2ccccc2c1[C@H](c1ccccc1)N1CCCC1. The van der Waals surface area contributed by atoms with Gasteiger partial charge in [0.15, 0.2) is 0 Å². The lowest BCUT2D eigenvalue weighted by molar-refractivity contribution is 0.277. The van der Waals surface area contributed by atoms with E-state index in [1.165, 1.54) is 23.8 Å². The van der Waals surface area contributed by atoms with Crippen molar-refractivity contribution in [3.05, 3.63) is 77.9 Å². The largest absolute Gasteiger partial charge is 0.508 e. The molecule has 0 saturated carbocycles. The fraction of sp³-hybridized carbons (Fsp3) is 0.238. The Morgan fingerprint density at radius 2 is 1.48 bits per heavy atom. The van der Waals surface area contributed by atoms with E-state index >= 15 is 0 Å².